The Morgan fingerprint density at radius 2 is 1.66 bits per heavy atom. The number of sulfonamides is 1. The number of hydrogen-bond donors (Lipinski definition) is 2. The molecule has 2 aromatic carbocycles. The standard InChI is InChI=1S/C20H25N3O5S/c1-20(2,3)21-19(24)18(14-9-15-7-5-4-6-8-15)22-29(27,28)17-12-10-16(11-13-17)23(25)26/h4-8,10-13,18,22H,9,14H2,1-3H3,(H,21,24). The summed E-state index contributed by atoms with van der Waals surface area (Å²) in [6, 6.07) is 13.0. The molecule has 2 rings (SSSR count). The normalized spacial score (nSPS) is 12.9. The van der Waals surface area contributed by atoms with Crippen LogP contribution in [-0.4, -0.2) is 30.8 Å². The Balaban J connectivity index is 2.22. The number of nitro groups is 1. The average molecular weight is 420 g/mol. The monoisotopic (exact) mass is 419 g/mol. The van der Waals surface area contributed by atoms with Crippen LogP contribution < -0.4 is 10.0 Å². The second-order valence-corrected chi connectivity index (χ2v) is 9.40. The first-order chi connectivity index (χ1) is 13.5. The van der Waals surface area contributed by atoms with E-state index in [1.807, 2.05) is 51.1 Å². The highest BCUT2D eigenvalue weighted by Gasteiger charge is 2.28. The minimum absolute atomic E-state index is 0.142. The van der Waals surface area contributed by atoms with Crippen LogP contribution in [0.15, 0.2) is 59.5 Å². The number of nitrogens with one attached hydrogen (secondary N) is 2. The van der Waals surface area contributed by atoms with Gasteiger partial charge in [-0.1, -0.05) is 30.3 Å². The van der Waals surface area contributed by atoms with Gasteiger partial charge >= 0.3 is 0 Å². The number of nitro benzene ring substituents is 1. The van der Waals surface area contributed by atoms with Gasteiger partial charge in [0, 0.05) is 17.7 Å². The van der Waals surface area contributed by atoms with E-state index >= 15 is 0 Å². The lowest BCUT2D eigenvalue weighted by molar-refractivity contribution is -0.384. The van der Waals surface area contributed by atoms with Crippen molar-refractivity contribution >= 4 is 21.6 Å². The highest BCUT2D eigenvalue weighted by molar-refractivity contribution is 7.89. The smallest absolute Gasteiger partial charge is 0.269 e. The Hall–Kier alpha value is -2.78. The van der Waals surface area contributed by atoms with Crippen molar-refractivity contribution in [1.29, 1.82) is 0 Å². The molecule has 0 spiro atoms. The van der Waals surface area contributed by atoms with E-state index < -0.39 is 32.4 Å². The van der Waals surface area contributed by atoms with Crippen molar-refractivity contribution in [2.75, 3.05) is 0 Å². The zero-order valence-corrected chi connectivity index (χ0v) is 17.4. The summed E-state index contributed by atoms with van der Waals surface area (Å²) in [5.41, 5.74) is 0.242. The van der Waals surface area contributed by atoms with Gasteiger partial charge in [0.25, 0.3) is 5.69 Å². The fourth-order valence-corrected chi connectivity index (χ4v) is 3.89. The number of hydrogen-bond acceptors (Lipinski definition) is 5. The topological polar surface area (TPSA) is 118 Å². The predicted octanol–water partition coefficient (Wildman–Crippen LogP) is 2.79. The third-order valence-electron chi connectivity index (χ3n) is 4.03. The molecule has 1 atom stereocenters. The van der Waals surface area contributed by atoms with E-state index in [2.05, 4.69) is 10.0 Å². The van der Waals surface area contributed by atoms with E-state index in [9.17, 15) is 23.3 Å². The number of rotatable bonds is 8. The summed E-state index contributed by atoms with van der Waals surface area (Å²) in [6.45, 7) is 5.43. The van der Waals surface area contributed by atoms with Gasteiger partial charge < -0.3 is 5.32 Å². The molecule has 0 aliphatic rings. The van der Waals surface area contributed by atoms with Crippen LogP contribution in [0.5, 0.6) is 0 Å². The van der Waals surface area contributed by atoms with Crippen molar-refractivity contribution < 1.29 is 18.1 Å². The predicted molar refractivity (Wildman–Crippen MR) is 110 cm³/mol. The Morgan fingerprint density at radius 3 is 2.17 bits per heavy atom. The van der Waals surface area contributed by atoms with Crippen molar-refractivity contribution in [3.63, 3.8) is 0 Å². The molecule has 0 saturated carbocycles. The highest BCUT2D eigenvalue weighted by atomic mass is 32.2. The molecule has 0 aliphatic carbocycles. The second-order valence-electron chi connectivity index (χ2n) is 7.69. The van der Waals surface area contributed by atoms with Crippen LogP contribution >= 0.6 is 0 Å². The van der Waals surface area contributed by atoms with Gasteiger partial charge in [0.15, 0.2) is 0 Å². The molecular formula is C20H25N3O5S. The lowest BCUT2D eigenvalue weighted by Gasteiger charge is -2.25. The number of amides is 1. The maximum atomic E-state index is 12.7. The summed E-state index contributed by atoms with van der Waals surface area (Å²) < 4.78 is 27.9. The molecule has 0 aromatic heterocycles. The number of benzene rings is 2. The molecule has 9 heteroatoms. The third kappa shape index (κ3) is 6.95. The molecule has 0 saturated heterocycles. The highest BCUT2D eigenvalue weighted by Crippen LogP contribution is 2.17. The van der Waals surface area contributed by atoms with E-state index in [4.69, 9.17) is 0 Å². The van der Waals surface area contributed by atoms with Crippen LogP contribution in [-0.2, 0) is 21.2 Å². The first kappa shape index (κ1) is 22.5. The van der Waals surface area contributed by atoms with Crippen LogP contribution in [0.4, 0.5) is 5.69 Å². The minimum atomic E-state index is -4.04. The maximum Gasteiger partial charge on any atom is 0.269 e. The van der Waals surface area contributed by atoms with Gasteiger partial charge in [0.05, 0.1) is 9.82 Å². The summed E-state index contributed by atoms with van der Waals surface area (Å²) in [5.74, 6) is -0.432. The van der Waals surface area contributed by atoms with Gasteiger partial charge in [0.2, 0.25) is 15.9 Å². The average Bonchev–Trinajstić information content (AvgIpc) is 2.64. The fourth-order valence-electron chi connectivity index (χ4n) is 2.66. The molecule has 8 nitrogen and oxygen atoms in total. The lowest BCUT2D eigenvalue weighted by Crippen LogP contribution is -2.52. The molecule has 0 heterocycles. The SMILES string of the molecule is CC(C)(C)NC(=O)C(CCc1ccccc1)NS(=O)(=O)c1ccc([N+](=O)[O-])cc1. The van der Waals surface area contributed by atoms with Gasteiger partial charge in [-0.25, -0.2) is 8.42 Å². The van der Waals surface area contributed by atoms with E-state index in [1.54, 1.807) is 0 Å². The van der Waals surface area contributed by atoms with Crippen LogP contribution in [0, 0.1) is 10.1 Å². The first-order valence-electron chi connectivity index (χ1n) is 9.11. The van der Waals surface area contributed by atoms with Gasteiger partial charge in [-0.3, -0.25) is 14.9 Å². The largest absolute Gasteiger partial charge is 0.350 e. The third-order valence-corrected chi connectivity index (χ3v) is 5.52. The molecule has 0 bridgehead atoms. The van der Waals surface area contributed by atoms with Crippen molar-refractivity contribution in [1.82, 2.24) is 10.0 Å². The fraction of sp³-hybridized carbons (Fsp3) is 0.350. The first-order valence-corrected chi connectivity index (χ1v) is 10.6. The summed E-state index contributed by atoms with van der Waals surface area (Å²) >= 11 is 0. The van der Waals surface area contributed by atoms with Gasteiger partial charge in [-0.2, -0.15) is 4.72 Å². The van der Waals surface area contributed by atoms with Crippen molar-refractivity contribution in [2.45, 2.75) is 50.1 Å². The van der Waals surface area contributed by atoms with E-state index in [0.29, 0.717) is 6.42 Å². The maximum absolute atomic E-state index is 12.7. The molecule has 1 amide bonds. The molecule has 2 aromatic rings. The van der Waals surface area contributed by atoms with E-state index in [0.717, 1.165) is 29.8 Å². The van der Waals surface area contributed by atoms with E-state index in [1.165, 1.54) is 0 Å². The Kier molecular flexibility index (Phi) is 7.10. The number of non-ortho nitro benzene ring substituents is 1. The molecule has 0 fully saturated rings. The van der Waals surface area contributed by atoms with Gasteiger partial charge in [-0.15, -0.1) is 0 Å². The zero-order chi connectivity index (χ0) is 21.7. The number of carbonyl (C=O) groups excluding carboxylic acids is 1. The lowest BCUT2D eigenvalue weighted by atomic mass is 10.0. The summed E-state index contributed by atoms with van der Waals surface area (Å²) in [5, 5.41) is 13.6. The zero-order valence-electron chi connectivity index (χ0n) is 16.6. The van der Waals surface area contributed by atoms with E-state index in [-0.39, 0.29) is 17.0 Å². The second kappa shape index (κ2) is 9.15. The van der Waals surface area contributed by atoms with Crippen LogP contribution in [0.2, 0.25) is 0 Å². The quantitative estimate of drug-likeness (QED) is 0.504. The van der Waals surface area contributed by atoms with Crippen LogP contribution in [0.3, 0.4) is 0 Å². The molecular weight excluding hydrogens is 394 g/mol. The summed E-state index contributed by atoms with van der Waals surface area (Å²) in [7, 11) is -4.04. The van der Waals surface area contributed by atoms with Gasteiger partial charge in [0.1, 0.15) is 6.04 Å². The summed E-state index contributed by atoms with van der Waals surface area (Å²) in [4.78, 5) is 22.7. The Morgan fingerprint density at radius 1 is 1.07 bits per heavy atom. The molecule has 2 N–H and O–H groups in total. The molecule has 29 heavy (non-hydrogen) atoms. The minimum Gasteiger partial charge on any atom is -0.350 e. The van der Waals surface area contributed by atoms with Crippen LogP contribution in [0.1, 0.15) is 32.8 Å². The van der Waals surface area contributed by atoms with Crippen LogP contribution in [0.25, 0.3) is 0 Å². The van der Waals surface area contributed by atoms with Gasteiger partial charge in [-0.05, 0) is 51.3 Å². The van der Waals surface area contributed by atoms with Crippen molar-refractivity contribution in [2.24, 2.45) is 0 Å². The molecule has 1 unspecified atom stereocenters. The number of aryl methyl sites for hydroxylation is 1. The molecule has 0 aliphatic heterocycles. The Labute approximate surface area is 170 Å². The van der Waals surface area contributed by atoms with Crippen molar-refractivity contribution in [3.8, 4) is 0 Å². The number of nitrogens with zero attached hydrogens (tertiary/aromatic N) is 1. The molecule has 0 radical (unpaired) electrons. The Bertz CT molecular complexity index is 952. The summed E-state index contributed by atoms with van der Waals surface area (Å²) in [6.07, 6.45) is 0.768. The van der Waals surface area contributed by atoms with Crippen molar-refractivity contribution in [3.05, 3.63) is 70.3 Å². The number of carbonyl (C=O) groups is 1. The molecule has 156 valence electrons.